The van der Waals surface area contributed by atoms with E-state index in [0.717, 1.165) is 5.56 Å². The first kappa shape index (κ1) is 24.1. The average molecular weight is 486 g/mol. The molecule has 3 rings (SSSR count). The van der Waals surface area contributed by atoms with E-state index in [0.29, 0.717) is 32.7 Å². The number of halogens is 2. The normalized spacial score (nSPS) is 10.6. The van der Waals surface area contributed by atoms with Crippen LogP contribution in [0.2, 0.25) is 10.0 Å². The van der Waals surface area contributed by atoms with Gasteiger partial charge in [0, 0.05) is 22.2 Å². The van der Waals surface area contributed by atoms with Crippen molar-refractivity contribution in [2.75, 3.05) is 7.11 Å². The number of nitrogens with zero attached hydrogens (tertiary/aromatic N) is 1. The molecule has 0 bridgehead atoms. The largest absolute Gasteiger partial charge is 0.493 e. The lowest BCUT2D eigenvalue weighted by Crippen LogP contribution is -2.37. The summed E-state index contributed by atoms with van der Waals surface area (Å²) in [5, 5.41) is 7.37. The molecule has 0 radical (unpaired) electrons. The van der Waals surface area contributed by atoms with E-state index in [1.807, 2.05) is 30.3 Å². The maximum atomic E-state index is 11.9. The van der Waals surface area contributed by atoms with Crippen LogP contribution in [0.25, 0.3) is 0 Å². The molecule has 0 unspecified atom stereocenters. The van der Waals surface area contributed by atoms with Crippen LogP contribution < -0.4 is 20.2 Å². The topological polar surface area (TPSA) is 89.0 Å². The minimum atomic E-state index is -0.870. The van der Waals surface area contributed by atoms with Crippen molar-refractivity contribution in [1.82, 2.24) is 10.7 Å². The number of ether oxygens (including phenoxy) is 2. The van der Waals surface area contributed by atoms with Crippen LogP contribution in [-0.4, -0.2) is 25.1 Å². The number of rotatable bonds is 8. The lowest BCUT2D eigenvalue weighted by Gasteiger charge is -2.13. The smallest absolute Gasteiger partial charge is 0.329 e. The molecule has 3 aromatic rings. The van der Waals surface area contributed by atoms with E-state index < -0.39 is 11.8 Å². The van der Waals surface area contributed by atoms with Gasteiger partial charge in [0.25, 0.3) is 0 Å². The summed E-state index contributed by atoms with van der Waals surface area (Å²) in [6, 6.07) is 19.6. The van der Waals surface area contributed by atoms with Crippen LogP contribution in [0.5, 0.6) is 11.5 Å². The number of hydrogen-bond donors (Lipinski definition) is 2. The van der Waals surface area contributed by atoms with E-state index >= 15 is 0 Å². The summed E-state index contributed by atoms with van der Waals surface area (Å²) in [4.78, 5) is 23.8. The highest BCUT2D eigenvalue weighted by Crippen LogP contribution is 2.31. The maximum absolute atomic E-state index is 11.9. The fourth-order valence-corrected chi connectivity index (χ4v) is 3.29. The summed E-state index contributed by atoms with van der Waals surface area (Å²) in [6.07, 6.45) is 1.39. The molecule has 2 N–H and O–H groups in total. The van der Waals surface area contributed by atoms with Crippen molar-refractivity contribution in [3.05, 3.63) is 93.5 Å². The molecule has 0 aromatic heterocycles. The maximum Gasteiger partial charge on any atom is 0.329 e. The first-order valence-electron chi connectivity index (χ1n) is 9.87. The summed E-state index contributed by atoms with van der Waals surface area (Å²) in [5.41, 5.74) is 4.37. The second-order valence-electron chi connectivity index (χ2n) is 6.77. The van der Waals surface area contributed by atoms with Gasteiger partial charge in [0.15, 0.2) is 11.5 Å². The molecule has 7 nitrogen and oxygen atoms in total. The van der Waals surface area contributed by atoms with E-state index in [2.05, 4.69) is 15.8 Å². The molecule has 0 saturated heterocycles. The van der Waals surface area contributed by atoms with E-state index in [9.17, 15) is 9.59 Å². The van der Waals surface area contributed by atoms with Crippen molar-refractivity contribution in [3.63, 3.8) is 0 Å². The summed E-state index contributed by atoms with van der Waals surface area (Å²) >= 11 is 12.3. The number of benzene rings is 3. The lowest BCUT2D eigenvalue weighted by atomic mass is 10.2. The number of carbonyl (C=O) groups excluding carboxylic acids is 2. The van der Waals surface area contributed by atoms with Crippen LogP contribution in [0.15, 0.2) is 71.8 Å². The van der Waals surface area contributed by atoms with Crippen molar-refractivity contribution in [1.29, 1.82) is 0 Å². The first-order valence-corrected chi connectivity index (χ1v) is 10.6. The molecule has 2 amide bonds. The van der Waals surface area contributed by atoms with Crippen LogP contribution in [0.1, 0.15) is 16.7 Å². The number of hydrogen-bond acceptors (Lipinski definition) is 5. The summed E-state index contributed by atoms with van der Waals surface area (Å²) in [7, 11) is 1.50. The molecule has 170 valence electrons. The Hall–Kier alpha value is -3.55. The highest BCUT2D eigenvalue weighted by molar-refractivity contribution is 6.36. The van der Waals surface area contributed by atoms with Crippen molar-refractivity contribution in [2.24, 2.45) is 5.10 Å². The Morgan fingerprint density at radius 2 is 1.67 bits per heavy atom. The zero-order chi connectivity index (χ0) is 23.6. The Balaban J connectivity index is 1.55. The molecule has 33 heavy (non-hydrogen) atoms. The third kappa shape index (κ3) is 6.97. The Bertz CT molecular complexity index is 1130. The van der Waals surface area contributed by atoms with Crippen LogP contribution in [-0.2, 0) is 22.7 Å². The Morgan fingerprint density at radius 3 is 2.36 bits per heavy atom. The average Bonchev–Trinajstić information content (AvgIpc) is 2.83. The van der Waals surface area contributed by atoms with E-state index in [1.54, 1.807) is 36.4 Å². The van der Waals surface area contributed by atoms with Crippen molar-refractivity contribution >= 4 is 41.2 Å². The fraction of sp³-hybridized carbons (Fsp3) is 0.125. The highest BCUT2D eigenvalue weighted by atomic mass is 35.5. The number of methoxy groups -OCH3 is 1. The minimum Gasteiger partial charge on any atom is -0.493 e. The third-order valence-corrected chi connectivity index (χ3v) is 5.21. The standard InChI is InChI=1S/C24H21Cl2N3O4/c1-32-22-12-17(10-11-21(22)33-15-18-19(25)8-5-9-20(18)26)14-28-29-24(31)23(30)27-13-16-6-3-2-4-7-16/h2-12,14H,13,15H2,1H3,(H,27,30)(H,29,31)/b28-14-. The molecule has 0 saturated carbocycles. The van der Waals surface area contributed by atoms with Crippen molar-refractivity contribution in [2.45, 2.75) is 13.2 Å². The zero-order valence-corrected chi connectivity index (χ0v) is 19.2. The first-order chi connectivity index (χ1) is 16.0. The molecular weight excluding hydrogens is 465 g/mol. The molecule has 0 atom stereocenters. The van der Waals surface area contributed by atoms with Crippen LogP contribution in [0.3, 0.4) is 0 Å². The Morgan fingerprint density at radius 1 is 0.939 bits per heavy atom. The van der Waals surface area contributed by atoms with Crippen molar-refractivity contribution < 1.29 is 19.1 Å². The van der Waals surface area contributed by atoms with Gasteiger partial charge in [-0.3, -0.25) is 9.59 Å². The van der Waals surface area contributed by atoms with Crippen LogP contribution in [0, 0.1) is 0 Å². The third-order valence-electron chi connectivity index (χ3n) is 4.50. The Kier molecular flexibility index (Phi) is 8.69. The Labute approximate surface area is 201 Å². The molecule has 9 heteroatoms. The second kappa shape index (κ2) is 11.9. The zero-order valence-electron chi connectivity index (χ0n) is 17.7. The molecule has 0 aliphatic heterocycles. The fourth-order valence-electron chi connectivity index (χ4n) is 2.78. The summed E-state index contributed by atoms with van der Waals surface area (Å²) in [5.74, 6) is -0.717. The monoisotopic (exact) mass is 485 g/mol. The van der Waals surface area contributed by atoms with E-state index in [-0.39, 0.29) is 13.2 Å². The van der Waals surface area contributed by atoms with Crippen molar-refractivity contribution in [3.8, 4) is 11.5 Å². The van der Waals surface area contributed by atoms with Crippen LogP contribution in [0.4, 0.5) is 0 Å². The SMILES string of the molecule is COc1cc(/C=N\NC(=O)C(=O)NCc2ccccc2)ccc1OCc1c(Cl)cccc1Cl. The van der Waals surface area contributed by atoms with Gasteiger partial charge in [-0.1, -0.05) is 59.6 Å². The predicted molar refractivity (Wildman–Crippen MR) is 128 cm³/mol. The molecule has 0 heterocycles. The van der Waals surface area contributed by atoms with Gasteiger partial charge >= 0.3 is 11.8 Å². The number of hydrazone groups is 1. The molecule has 0 aliphatic carbocycles. The number of carbonyl (C=O) groups is 2. The number of amides is 2. The summed E-state index contributed by atoms with van der Waals surface area (Å²) < 4.78 is 11.2. The van der Waals surface area contributed by atoms with Gasteiger partial charge in [-0.25, -0.2) is 5.43 Å². The van der Waals surface area contributed by atoms with Gasteiger partial charge < -0.3 is 14.8 Å². The van der Waals surface area contributed by atoms with Gasteiger partial charge in [0.05, 0.1) is 13.3 Å². The second-order valence-corrected chi connectivity index (χ2v) is 7.58. The van der Waals surface area contributed by atoms with Gasteiger partial charge in [0.2, 0.25) is 0 Å². The van der Waals surface area contributed by atoms with Gasteiger partial charge in [0.1, 0.15) is 6.61 Å². The predicted octanol–water partition coefficient (Wildman–Crippen LogP) is 4.35. The lowest BCUT2D eigenvalue weighted by molar-refractivity contribution is -0.139. The number of nitrogens with one attached hydrogen (secondary N) is 2. The summed E-state index contributed by atoms with van der Waals surface area (Å²) in [6.45, 7) is 0.408. The molecule has 0 aliphatic rings. The minimum absolute atomic E-state index is 0.163. The van der Waals surface area contributed by atoms with Gasteiger partial charge in [-0.05, 0) is 41.5 Å². The molecule has 0 fully saturated rings. The van der Waals surface area contributed by atoms with E-state index in [4.69, 9.17) is 32.7 Å². The molecule has 3 aromatic carbocycles. The van der Waals surface area contributed by atoms with Gasteiger partial charge in [-0.2, -0.15) is 5.10 Å². The quantitative estimate of drug-likeness (QED) is 0.282. The van der Waals surface area contributed by atoms with Crippen LogP contribution >= 0.6 is 23.2 Å². The van der Waals surface area contributed by atoms with E-state index in [1.165, 1.54) is 13.3 Å². The highest BCUT2D eigenvalue weighted by Gasteiger charge is 2.12. The molecular formula is C24H21Cl2N3O4. The van der Waals surface area contributed by atoms with Gasteiger partial charge in [-0.15, -0.1) is 0 Å². The molecule has 0 spiro atoms.